The van der Waals surface area contributed by atoms with E-state index in [0.717, 1.165) is 16.8 Å². The Kier molecular flexibility index (Phi) is 3.62. The summed E-state index contributed by atoms with van der Waals surface area (Å²) in [5, 5.41) is 0. The van der Waals surface area contributed by atoms with E-state index >= 15 is 0 Å². The molecule has 1 aliphatic heterocycles. The SMILES string of the molecule is CN1C(=O)Cc2cc(NS(=O)(=O)Cc3ccccc3)ccc21. The number of fused-ring (bicyclic) bond motifs is 1. The van der Waals surface area contributed by atoms with Gasteiger partial charge in [-0.1, -0.05) is 30.3 Å². The van der Waals surface area contributed by atoms with E-state index < -0.39 is 10.0 Å². The summed E-state index contributed by atoms with van der Waals surface area (Å²) in [6, 6.07) is 14.2. The van der Waals surface area contributed by atoms with Crippen molar-refractivity contribution in [3.8, 4) is 0 Å². The first kappa shape index (κ1) is 14.6. The fraction of sp³-hybridized carbons (Fsp3) is 0.188. The summed E-state index contributed by atoms with van der Waals surface area (Å²) < 4.78 is 27.0. The Morgan fingerprint density at radius 2 is 1.86 bits per heavy atom. The van der Waals surface area contributed by atoms with Crippen molar-refractivity contribution in [1.29, 1.82) is 0 Å². The molecule has 1 heterocycles. The molecule has 114 valence electrons. The van der Waals surface area contributed by atoms with Crippen molar-refractivity contribution in [3.63, 3.8) is 0 Å². The van der Waals surface area contributed by atoms with E-state index in [1.165, 1.54) is 0 Å². The van der Waals surface area contributed by atoms with Crippen LogP contribution in [0.5, 0.6) is 0 Å². The fourth-order valence-electron chi connectivity index (χ4n) is 2.54. The van der Waals surface area contributed by atoms with Gasteiger partial charge in [0.25, 0.3) is 0 Å². The minimum atomic E-state index is -3.48. The van der Waals surface area contributed by atoms with Crippen molar-refractivity contribution in [2.45, 2.75) is 12.2 Å². The Balaban J connectivity index is 1.79. The molecule has 0 aromatic heterocycles. The normalized spacial score (nSPS) is 14.0. The molecular formula is C16H16N2O3S. The minimum absolute atomic E-state index is 0.0132. The fourth-order valence-corrected chi connectivity index (χ4v) is 3.73. The predicted octanol–water partition coefficient (Wildman–Crippen LogP) is 2.15. The highest BCUT2D eigenvalue weighted by Gasteiger charge is 2.24. The zero-order valence-electron chi connectivity index (χ0n) is 12.1. The molecule has 0 saturated carbocycles. The number of rotatable bonds is 4. The number of carbonyl (C=O) groups is 1. The predicted molar refractivity (Wildman–Crippen MR) is 86.2 cm³/mol. The maximum atomic E-state index is 12.2. The van der Waals surface area contributed by atoms with Gasteiger partial charge in [-0.2, -0.15) is 0 Å². The van der Waals surface area contributed by atoms with Gasteiger partial charge in [-0.05, 0) is 29.3 Å². The van der Waals surface area contributed by atoms with Gasteiger partial charge in [0.15, 0.2) is 0 Å². The van der Waals surface area contributed by atoms with Crippen LogP contribution in [0.4, 0.5) is 11.4 Å². The Morgan fingerprint density at radius 1 is 1.14 bits per heavy atom. The van der Waals surface area contributed by atoms with Crippen LogP contribution >= 0.6 is 0 Å². The largest absolute Gasteiger partial charge is 0.315 e. The highest BCUT2D eigenvalue weighted by atomic mass is 32.2. The maximum Gasteiger partial charge on any atom is 0.236 e. The number of likely N-dealkylation sites (N-methyl/N-ethyl adjacent to an activating group) is 1. The molecule has 0 bridgehead atoms. The molecule has 0 saturated heterocycles. The van der Waals surface area contributed by atoms with E-state index in [0.29, 0.717) is 12.1 Å². The average Bonchev–Trinajstić information content (AvgIpc) is 2.73. The molecule has 0 radical (unpaired) electrons. The van der Waals surface area contributed by atoms with Gasteiger partial charge < -0.3 is 4.90 Å². The lowest BCUT2D eigenvalue weighted by Gasteiger charge is -2.12. The quantitative estimate of drug-likeness (QED) is 0.940. The first-order chi connectivity index (χ1) is 10.4. The average molecular weight is 316 g/mol. The number of nitrogens with one attached hydrogen (secondary N) is 1. The number of anilines is 2. The van der Waals surface area contributed by atoms with Gasteiger partial charge in [-0.15, -0.1) is 0 Å². The van der Waals surface area contributed by atoms with Crippen LogP contribution in [-0.2, 0) is 27.0 Å². The van der Waals surface area contributed by atoms with Crippen molar-refractivity contribution in [1.82, 2.24) is 0 Å². The summed E-state index contributed by atoms with van der Waals surface area (Å²) in [5.74, 6) is -0.0664. The maximum absolute atomic E-state index is 12.2. The Morgan fingerprint density at radius 3 is 2.59 bits per heavy atom. The summed E-state index contributed by atoms with van der Waals surface area (Å²) in [7, 11) is -1.77. The van der Waals surface area contributed by atoms with E-state index in [1.54, 1.807) is 42.3 Å². The van der Waals surface area contributed by atoms with E-state index in [4.69, 9.17) is 0 Å². The van der Waals surface area contributed by atoms with Gasteiger partial charge in [-0.3, -0.25) is 9.52 Å². The van der Waals surface area contributed by atoms with Crippen LogP contribution in [0.25, 0.3) is 0 Å². The van der Waals surface area contributed by atoms with Gasteiger partial charge in [0.05, 0.1) is 12.2 Å². The number of amides is 1. The molecule has 0 spiro atoms. The third kappa shape index (κ3) is 2.96. The molecule has 6 heteroatoms. The molecule has 0 unspecified atom stereocenters. The van der Waals surface area contributed by atoms with Crippen LogP contribution in [-0.4, -0.2) is 21.4 Å². The Hall–Kier alpha value is -2.34. The van der Waals surface area contributed by atoms with Crippen LogP contribution in [0, 0.1) is 0 Å². The molecule has 1 aliphatic rings. The molecule has 5 nitrogen and oxygen atoms in total. The van der Waals surface area contributed by atoms with Crippen molar-refractivity contribution >= 4 is 27.3 Å². The second kappa shape index (κ2) is 5.46. The molecule has 22 heavy (non-hydrogen) atoms. The van der Waals surface area contributed by atoms with E-state index in [2.05, 4.69) is 4.72 Å². The van der Waals surface area contributed by atoms with Gasteiger partial charge in [0.2, 0.25) is 15.9 Å². The second-order valence-electron chi connectivity index (χ2n) is 5.32. The molecular weight excluding hydrogens is 300 g/mol. The van der Waals surface area contributed by atoms with Crippen molar-refractivity contribution in [2.75, 3.05) is 16.7 Å². The zero-order valence-corrected chi connectivity index (χ0v) is 12.9. The molecule has 0 fully saturated rings. The third-order valence-electron chi connectivity index (χ3n) is 3.63. The Bertz CT molecular complexity index is 817. The number of carbonyl (C=O) groups excluding carboxylic acids is 1. The van der Waals surface area contributed by atoms with Crippen molar-refractivity contribution in [3.05, 3.63) is 59.7 Å². The summed E-state index contributed by atoms with van der Waals surface area (Å²) in [6.45, 7) is 0. The van der Waals surface area contributed by atoms with Crippen molar-refractivity contribution in [2.24, 2.45) is 0 Å². The standard InChI is InChI=1S/C16H16N2O3S/c1-18-15-8-7-14(9-13(15)10-16(18)19)17-22(20,21)11-12-5-3-2-4-6-12/h2-9,17H,10-11H2,1H3. The topological polar surface area (TPSA) is 66.5 Å². The van der Waals surface area contributed by atoms with Gasteiger partial charge >= 0.3 is 0 Å². The summed E-state index contributed by atoms with van der Waals surface area (Å²) >= 11 is 0. The lowest BCUT2D eigenvalue weighted by atomic mass is 10.1. The second-order valence-corrected chi connectivity index (χ2v) is 7.04. The zero-order chi connectivity index (χ0) is 15.7. The van der Waals surface area contributed by atoms with Crippen LogP contribution in [0.2, 0.25) is 0 Å². The summed E-state index contributed by atoms with van der Waals surface area (Å²) in [4.78, 5) is 13.2. The lowest BCUT2D eigenvalue weighted by Crippen LogP contribution is -2.20. The molecule has 0 atom stereocenters. The first-order valence-corrected chi connectivity index (χ1v) is 8.54. The minimum Gasteiger partial charge on any atom is -0.315 e. The highest BCUT2D eigenvalue weighted by Crippen LogP contribution is 2.30. The summed E-state index contributed by atoms with van der Waals surface area (Å²) in [6.07, 6.45) is 0.306. The molecule has 1 N–H and O–H groups in total. The van der Waals surface area contributed by atoms with Crippen LogP contribution in [0.3, 0.4) is 0 Å². The Labute approximate surface area is 129 Å². The number of hydrogen-bond donors (Lipinski definition) is 1. The van der Waals surface area contributed by atoms with E-state index in [9.17, 15) is 13.2 Å². The highest BCUT2D eigenvalue weighted by molar-refractivity contribution is 7.91. The number of hydrogen-bond acceptors (Lipinski definition) is 3. The third-order valence-corrected chi connectivity index (χ3v) is 4.89. The van der Waals surface area contributed by atoms with E-state index in [-0.39, 0.29) is 11.7 Å². The molecule has 2 aromatic carbocycles. The van der Waals surface area contributed by atoms with Crippen LogP contribution < -0.4 is 9.62 Å². The monoisotopic (exact) mass is 316 g/mol. The van der Waals surface area contributed by atoms with Gasteiger partial charge in [0.1, 0.15) is 0 Å². The van der Waals surface area contributed by atoms with Crippen molar-refractivity contribution < 1.29 is 13.2 Å². The lowest BCUT2D eigenvalue weighted by molar-refractivity contribution is -0.117. The smallest absolute Gasteiger partial charge is 0.236 e. The molecule has 1 amide bonds. The molecule has 2 aromatic rings. The molecule has 3 rings (SSSR count). The van der Waals surface area contributed by atoms with Gasteiger partial charge in [0, 0.05) is 18.4 Å². The first-order valence-electron chi connectivity index (χ1n) is 6.88. The summed E-state index contributed by atoms with van der Waals surface area (Å²) in [5.41, 5.74) is 2.88. The molecule has 0 aliphatic carbocycles. The van der Waals surface area contributed by atoms with Gasteiger partial charge in [-0.25, -0.2) is 8.42 Å². The number of nitrogens with zero attached hydrogens (tertiary/aromatic N) is 1. The number of benzene rings is 2. The number of sulfonamides is 1. The van der Waals surface area contributed by atoms with Crippen LogP contribution in [0.15, 0.2) is 48.5 Å². The van der Waals surface area contributed by atoms with E-state index in [1.807, 2.05) is 18.2 Å². The van der Waals surface area contributed by atoms with Crippen LogP contribution in [0.1, 0.15) is 11.1 Å².